The molecular formula is C7H7N3O2. The number of para-hydroxylation sites is 2. The standard InChI is InChI=1S/C7H7N3O2/c1-11-6-4-2-3-5-7(6)12-10-9-8/h2-5H,1H3. The lowest BCUT2D eigenvalue weighted by molar-refractivity contribution is 0.305. The lowest BCUT2D eigenvalue weighted by Gasteiger charge is -2.03. The molecule has 1 aromatic carbocycles. The normalized spacial score (nSPS) is 8.42. The van der Waals surface area contributed by atoms with Crippen molar-refractivity contribution in [3.05, 3.63) is 34.7 Å². The SMILES string of the molecule is COc1ccccc1ON=[N+]=[N-]. The zero-order valence-electron chi connectivity index (χ0n) is 6.47. The van der Waals surface area contributed by atoms with Gasteiger partial charge in [0.2, 0.25) is 0 Å². The van der Waals surface area contributed by atoms with E-state index >= 15 is 0 Å². The van der Waals surface area contributed by atoms with Crippen LogP contribution in [0.1, 0.15) is 0 Å². The molecule has 12 heavy (non-hydrogen) atoms. The zero-order chi connectivity index (χ0) is 8.81. The van der Waals surface area contributed by atoms with E-state index in [9.17, 15) is 0 Å². The first-order valence-corrected chi connectivity index (χ1v) is 3.23. The average molecular weight is 165 g/mol. The number of nitrogens with zero attached hydrogens (tertiary/aromatic N) is 3. The molecule has 1 aromatic rings. The highest BCUT2D eigenvalue weighted by atomic mass is 16.6. The molecule has 0 spiro atoms. The maximum Gasteiger partial charge on any atom is 0.178 e. The molecule has 0 amide bonds. The summed E-state index contributed by atoms with van der Waals surface area (Å²) in [6.07, 6.45) is 0. The Balaban J connectivity index is 2.88. The van der Waals surface area contributed by atoms with Crippen LogP contribution in [0, 0.1) is 0 Å². The molecule has 5 heteroatoms. The fraction of sp³-hybridized carbons (Fsp3) is 0.143. The molecule has 62 valence electrons. The largest absolute Gasteiger partial charge is 0.493 e. The van der Waals surface area contributed by atoms with Crippen molar-refractivity contribution in [2.75, 3.05) is 7.11 Å². The Hall–Kier alpha value is -1.87. The van der Waals surface area contributed by atoms with E-state index < -0.39 is 0 Å². The summed E-state index contributed by atoms with van der Waals surface area (Å²) < 4.78 is 4.93. The van der Waals surface area contributed by atoms with Crippen molar-refractivity contribution in [2.45, 2.75) is 0 Å². The van der Waals surface area contributed by atoms with Gasteiger partial charge in [-0.25, -0.2) is 0 Å². The average Bonchev–Trinajstić information content (AvgIpc) is 2.15. The molecule has 0 aliphatic carbocycles. The smallest absolute Gasteiger partial charge is 0.178 e. The quantitative estimate of drug-likeness (QED) is 0.298. The van der Waals surface area contributed by atoms with Crippen LogP contribution in [0.5, 0.6) is 11.5 Å². The second-order valence-corrected chi connectivity index (χ2v) is 1.91. The Labute approximate surface area is 69.1 Å². The van der Waals surface area contributed by atoms with Crippen LogP contribution < -0.4 is 9.57 Å². The Morgan fingerprint density at radius 3 is 2.58 bits per heavy atom. The predicted molar refractivity (Wildman–Crippen MR) is 42.8 cm³/mol. The Morgan fingerprint density at radius 2 is 2.00 bits per heavy atom. The third-order valence-corrected chi connectivity index (χ3v) is 1.24. The molecular weight excluding hydrogens is 158 g/mol. The molecule has 0 aliphatic rings. The summed E-state index contributed by atoms with van der Waals surface area (Å²) in [4.78, 5) is 7.11. The number of azide groups is 1. The number of hydrogen-bond acceptors (Lipinski definition) is 3. The van der Waals surface area contributed by atoms with Gasteiger partial charge in [0.25, 0.3) is 0 Å². The van der Waals surface area contributed by atoms with Crippen molar-refractivity contribution in [3.8, 4) is 11.5 Å². The summed E-state index contributed by atoms with van der Waals surface area (Å²) >= 11 is 0. The van der Waals surface area contributed by atoms with Crippen LogP contribution in [-0.2, 0) is 0 Å². The summed E-state index contributed by atoms with van der Waals surface area (Å²) in [6.45, 7) is 0. The third kappa shape index (κ3) is 1.81. The van der Waals surface area contributed by atoms with Gasteiger partial charge in [-0.05, 0) is 17.7 Å². The van der Waals surface area contributed by atoms with Gasteiger partial charge in [-0.15, -0.1) is 0 Å². The van der Waals surface area contributed by atoms with Gasteiger partial charge >= 0.3 is 0 Å². The predicted octanol–water partition coefficient (Wildman–Crippen LogP) is 2.30. The van der Waals surface area contributed by atoms with Gasteiger partial charge in [0.05, 0.1) is 7.11 Å². The minimum Gasteiger partial charge on any atom is -0.493 e. The number of rotatable bonds is 3. The van der Waals surface area contributed by atoms with Crippen LogP contribution in [0.15, 0.2) is 29.5 Å². The molecule has 0 aromatic heterocycles. The highest BCUT2D eigenvalue weighted by molar-refractivity contribution is 5.38. The van der Waals surface area contributed by atoms with Gasteiger partial charge in [-0.2, -0.15) is 0 Å². The van der Waals surface area contributed by atoms with Crippen molar-refractivity contribution in [1.29, 1.82) is 0 Å². The highest BCUT2D eigenvalue weighted by Crippen LogP contribution is 2.25. The van der Waals surface area contributed by atoms with Gasteiger partial charge in [0, 0.05) is 4.91 Å². The molecule has 0 unspecified atom stereocenters. The summed E-state index contributed by atoms with van der Waals surface area (Å²) in [6, 6.07) is 6.91. The van der Waals surface area contributed by atoms with Crippen molar-refractivity contribution in [2.24, 2.45) is 5.28 Å². The lowest BCUT2D eigenvalue weighted by Crippen LogP contribution is -1.87. The first kappa shape index (κ1) is 8.23. The fourth-order valence-electron chi connectivity index (χ4n) is 0.756. The molecule has 0 N–H and O–H groups in total. The molecule has 0 atom stereocenters. The Kier molecular flexibility index (Phi) is 2.81. The molecule has 0 saturated heterocycles. The maximum absolute atomic E-state index is 7.98. The molecule has 0 saturated carbocycles. The van der Waals surface area contributed by atoms with Gasteiger partial charge < -0.3 is 9.57 Å². The molecule has 0 radical (unpaired) electrons. The van der Waals surface area contributed by atoms with Crippen LogP contribution >= 0.6 is 0 Å². The van der Waals surface area contributed by atoms with E-state index in [1.54, 1.807) is 24.3 Å². The van der Waals surface area contributed by atoms with Crippen LogP contribution in [0.2, 0.25) is 0 Å². The minimum absolute atomic E-state index is 0.401. The summed E-state index contributed by atoms with van der Waals surface area (Å²) in [5, 5.41) is 2.95. The Morgan fingerprint density at radius 1 is 1.33 bits per heavy atom. The van der Waals surface area contributed by atoms with E-state index in [0.717, 1.165) is 0 Å². The Bertz CT molecular complexity index is 307. The third-order valence-electron chi connectivity index (χ3n) is 1.24. The van der Waals surface area contributed by atoms with Crippen LogP contribution in [0.4, 0.5) is 0 Å². The van der Waals surface area contributed by atoms with Crippen molar-refractivity contribution in [3.63, 3.8) is 0 Å². The first-order valence-electron chi connectivity index (χ1n) is 3.23. The lowest BCUT2D eigenvalue weighted by atomic mass is 10.3. The minimum atomic E-state index is 0.401. The van der Waals surface area contributed by atoms with Crippen molar-refractivity contribution >= 4 is 0 Å². The van der Waals surface area contributed by atoms with Gasteiger partial charge in [0.15, 0.2) is 11.5 Å². The fourth-order valence-corrected chi connectivity index (χ4v) is 0.756. The van der Waals surface area contributed by atoms with Crippen molar-refractivity contribution in [1.82, 2.24) is 0 Å². The second-order valence-electron chi connectivity index (χ2n) is 1.91. The van der Waals surface area contributed by atoms with Crippen molar-refractivity contribution < 1.29 is 9.57 Å². The molecule has 0 aliphatic heterocycles. The van der Waals surface area contributed by atoms with E-state index in [0.29, 0.717) is 11.5 Å². The second kappa shape index (κ2) is 4.10. The zero-order valence-corrected chi connectivity index (χ0v) is 6.47. The topological polar surface area (TPSA) is 67.2 Å². The molecule has 5 nitrogen and oxygen atoms in total. The van der Waals surface area contributed by atoms with E-state index in [2.05, 4.69) is 15.0 Å². The van der Waals surface area contributed by atoms with Crippen LogP contribution in [-0.4, -0.2) is 7.11 Å². The van der Waals surface area contributed by atoms with Crippen LogP contribution in [0.25, 0.3) is 10.4 Å². The molecule has 0 bridgehead atoms. The molecule has 0 fully saturated rings. The monoisotopic (exact) mass is 165 g/mol. The van der Waals surface area contributed by atoms with E-state index in [4.69, 9.17) is 10.3 Å². The maximum atomic E-state index is 7.98. The van der Waals surface area contributed by atoms with Crippen LogP contribution in [0.3, 0.4) is 0 Å². The summed E-state index contributed by atoms with van der Waals surface area (Å²) in [5.74, 6) is 0.933. The van der Waals surface area contributed by atoms with Gasteiger partial charge in [-0.1, -0.05) is 12.1 Å². The van der Waals surface area contributed by atoms with E-state index in [1.807, 2.05) is 0 Å². The highest BCUT2D eigenvalue weighted by Gasteiger charge is 1.99. The molecule has 1 rings (SSSR count). The van der Waals surface area contributed by atoms with Gasteiger partial charge in [-0.3, -0.25) is 0 Å². The number of hydrogen-bond donors (Lipinski definition) is 0. The van der Waals surface area contributed by atoms with E-state index in [-0.39, 0.29) is 0 Å². The number of ether oxygens (including phenoxy) is 1. The van der Waals surface area contributed by atoms with Gasteiger partial charge in [0.1, 0.15) is 5.28 Å². The summed E-state index contributed by atoms with van der Waals surface area (Å²) in [7, 11) is 1.51. The number of benzene rings is 1. The number of methoxy groups -OCH3 is 1. The molecule has 0 heterocycles. The summed E-state index contributed by atoms with van der Waals surface area (Å²) in [5.41, 5.74) is 7.98. The van der Waals surface area contributed by atoms with E-state index in [1.165, 1.54) is 7.11 Å². The first-order chi connectivity index (χ1) is 5.88.